The molecular formula is C14H16N2O4. The van der Waals surface area contributed by atoms with Crippen molar-refractivity contribution in [1.82, 2.24) is 4.90 Å². The molecule has 106 valence electrons. The van der Waals surface area contributed by atoms with Crippen molar-refractivity contribution in [3.63, 3.8) is 0 Å². The van der Waals surface area contributed by atoms with Gasteiger partial charge in [0.25, 0.3) is 11.6 Å². The zero-order valence-electron chi connectivity index (χ0n) is 11.5. The molecule has 1 amide bonds. The Morgan fingerprint density at radius 3 is 2.75 bits per heavy atom. The van der Waals surface area contributed by atoms with E-state index >= 15 is 0 Å². The molecule has 0 N–H and O–H groups in total. The Morgan fingerprint density at radius 1 is 1.45 bits per heavy atom. The first-order valence-electron chi connectivity index (χ1n) is 6.47. The maximum absolute atomic E-state index is 12.3. The van der Waals surface area contributed by atoms with Gasteiger partial charge in [-0.1, -0.05) is 13.0 Å². The van der Waals surface area contributed by atoms with Gasteiger partial charge in [-0.2, -0.15) is 0 Å². The molecule has 1 aromatic carbocycles. The third kappa shape index (κ3) is 2.68. The number of amides is 1. The number of hydrogen-bond acceptors (Lipinski definition) is 4. The number of nitro groups is 1. The molecule has 2 rings (SSSR count). The second kappa shape index (κ2) is 5.40. The van der Waals surface area contributed by atoms with Crippen molar-refractivity contribution in [2.75, 3.05) is 13.1 Å². The van der Waals surface area contributed by atoms with E-state index in [1.54, 1.807) is 30.9 Å². The molecule has 1 heterocycles. The van der Waals surface area contributed by atoms with E-state index in [-0.39, 0.29) is 23.3 Å². The number of carbonyl (C=O) groups excluding carboxylic acids is 2. The van der Waals surface area contributed by atoms with Gasteiger partial charge in [0.1, 0.15) is 5.78 Å². The second-order valence-corrected chi connectivity index (χ2v) is 5.13. The van der Waals surface area contributed by atoms with Crippen molar-refractivity contribution in [2.24, 2.45) is 5.92 Å². The van der Waals surface area contributed by atoms with Gasteiger partial charge in [-0.15, -0.1) is 0 Å². The predicted molar refractivity (Wildman–Crippen MR) is 72.5 cm³/mol. The smallest absolute Gasteiger partial charge is 0.273 e. The second-order valence-electron chi connectivity index (χ2n) is 5.13. The van der Waals surface area contributed by atoms with E-state index in [0.717, 1.165) is 0 Å². The summed E-state index contributed by atoms with van der Waals surface area (Å²) in [7, 11) is 0. The standard InChI is InChI=1S/C14H16N2O4/c1-9-3-4-11(7-12(9)16(19)20)14(18)15-6-5-13(17)10(2)8-15/h3-4,7,10H,5-6,8H2,1-2H3. The Bertz CT molecular complexity index is 583. The Labute approximate surface area is 116 Å². The minimum atomic E-state index is -0.492. The third-order valence-corrected chi connectivity index (χ3v) is 3.61. The maximum atomic E-state index is 12.3. The normalized spacial score (nSPS) is 19.0. The van der Waals surface area contributed by atoms with Gasteiger partial charge >= 0.3 is 0 Å². The van der Waals surface area contributed by atoms with Crippen LogP contribution in [0.1, 0.15) is 29.3 Å². The lowest BCUT2D eigenvalue weighted by Crippen LogP contribution is -2.43. The van der Waals surface area contributed by atoms with Crippen molar-refractivity contribution in [1.29, 1.82) is 0 Å². The molecule has 0 aliphatic carbocycles. The van der Waals surface area contributed by atoms with Crippen molar-refractivity contribution in [2.45, 2.75) is 20.3 Å². The number of ketones is 1. The Balaban J connectivity index is 2.23. The average Bonchev–Trinajstić information content (AvgIpc) is 2.41. The molecule has 1 aliphatic rings. The zero-order chi connectivity index (χ0) is 14.9. The van der Waals surface area contributed by atoms with E-state index in [4.69, 9.17) is 0 Å². The van der Waals surface area contributed by atoms with Crippen LogP contribution in [0.5, 0.6) is 0 Å². The minimum Gasteiger partial charge on any atom is -0.337 e. The highest BCUT2D eigenvalue weighted by molar-refractivity contribution is 5.96. The van der Waals surface area contributed by atoms with E-state index in [0.29, 0.717) is 30.6 Å². The number of carbonyl (C=O) groups is 2. The van der Waals surface area contributed by atoms with Crippen molar-refractivity contribution < 1.29 is 14.5 Å². The molecule has 6 nitrogen and oxygen atoms in total. The largest absolute Gasteiger partial charge is 0.337 e. The lowest BCUT2D eigenvalue weighted by atomic mass is 9.97. The fourth-order valence-electron chi connectivity index (χ4n) is 2.32. The zero-order valence-corrected chi connectivity index (χ0v) is 11.5. The van der Waals surface area contributed by atoms with Crippen LogP contribution in [-0.4, -0.2) is 34.6 Å². The van der Waals surface area contributed by atoms with Crippen molar-refractivity contribution in [3.8, 4) is 0 Å². The van der Waals surface area contributed by atoms with Crippen LogP contribution in [-0.2, 0) is 4.79 Å². The number of aryl methyl sites for hydroxylation is 1. The van der Waals surface area contributed by atoms with Gasteiger partial charge in [-0.3, -0.25) is 19.7 Å². The van der Waals surface area contributed by atoms with Gasteiger partial charge < -0.3 is 4.90 Å². The van der Waals surface area contributed by atoms with Gasteiger partial charge in [0.15, 0.2) is 0 Å². The first kappa shape index (κ1) is 14.2. The molecule has 0 spiro atoms. The fourth-order valence-corrected chi connectivity index (χ4v) is 2.32. The molecule has 1 fully saturated rings. The minimum absolute atomic E-state index is 0.0583. The predicted octanol–water partition coefficient (Wildman–Crippen LogP) is 1.95. The highest BCUT2D eigenvalue weighted by Gasteiger charge is 2.28. The third-order valence-electron chi connectivity index (χ3n) is 3.61. The van der Waals surface area contributed by atoms with Gasteiger partial charge in [0.2, 0.25) is 0 Å². The summed E-state index contributed by atoms with van der Waals surface area (Å²) in [4.78, 5) is 35.8. The maximum Gasteiger partial charge on any atom is 0.273 e. The van der Waals surface area contributed by atoms with Crippen molar-refractivity contribution in [3.05, 3.63) is 39.4 Å². The SMILES string of the molecule is Cc1ccc(C(=O)N2CCC(=O)C(C)C2)cc1[N+](=O)[O-]. The molecular weight excluding hydrogens is 260 g/mol. The lowest BCUT2D eigenvalue weighted by Gasteiger charge is -2.30. The Hall–Kier alpha value is -2.24. The van der Waals surface area contributed by atoms with Crippen LogP contribution in [0.3, 0.4) is 0 Å². The number of nitro benzene ring substituents is 1. The summed E-state index contributed by atoms with van der Waals surface area (Å²) in [6.45, 7) is 4.18. The van der Waals surface area contributed by atoms with E-state index in [2.05, 4.69) is 0 Å². The molecule has 1 unspecified atom stereocenters. The summed E-state index contributed by atoms with van der Waals surface area (Å²) in [5.41, 5.74) is 0.759. The first-order valence-corrected chi connectivity index (χ1v) is 6.47. The quantitative estimate of drug-likeness (QED) is 0.610. The average molecular weight is 276 g/mol. The molecule has 20 heavy (non-hydrogen) atoms. The van der Waals surface area contributed by atoms with Crippen LogP contribution in [0.2, 0.25) is 0 Å². The van der Waals surface area contributed by atoms with E-state index in [1.807, 2.05) is 0 Å². The summed E-state index contributed by atoms with van der Waals surface area (Å²) in [6, 6.07) is 4.47. The molecule has 0 aromatic heterocycles. The molecule has 0 radical (unpaired) electrons. The summed E-state index contributed by atoms with van der Waals surface area (Å²) in [5, 5.41) is 10.9. The number of likely N-dealkylation sites (tertiary alicyclic amines) is 1. The van der Waals surface area contributed by atoms with Crippen LogP contribution < -0.4 is 0 Å². The van der Waals surface area contributed by atoms with Gasteiger partial charge in [0.05, 0.1) is 4.92 Å². The monoisotopic (exact) mass is 276 g/mol. The highest BCUT2D eigenvalue weighted by Crippen LogP contribution is 2.22. The summed E-state index contributed by atoms with van der Waals surface area (Å²) in [6.07, 6.45) is 0.348. The fraction of sp³-hybridized carbons (Fsp3) is 0.429. The summed E-state index contributed by atoms with van der Waals surface area (Å²) >= 11 is 0. The van der Waals surface area contributed by atoms with Crippen LogP contribution in [0.25, 0.3) is 0 Å². The Kier molecular flexibility index (Phi) is 3.83. The van der Waals surface area contributed by atoms with Crippen LogP contribution in [0, 0.1) is 23.0 Å². The lowest BCUT2D eigenvalue weighted by molar-refractivity contribution is -0.385. The van der Waals surface area contributed by atoms with Gasteiger partial charge in [-0.25, -0.2) is 0 Å². The molecule has 1 atom stereocenters. The molecule has 0 bridgehead atoms. The number of nitrogens with zero attached hydrogens (tertiary/aromatic N) is 2. The number of hydrogen-bond donors (Lipinski definition) is 0. The molecule has 1 aliphatic heterocycles. The number of rotatable bonds is 2. The highest BCUT2D eigenvalue weighted by atomic mass is 16.6. The molecule has 0 saturated carbocycles. The van der Waals surface area contributed by atoms with Crippen LogP contribution in [0.15, 0.2) is 18.2 Å². The molecule has 6 heteroatoms. The number of Topliss-reactive ketones (excluding diaryl/α,β-unsaturated/α-hetero) is 1. The summed E-state index contributed by atoms with van der Waals surface area (Å²) in [5.74, 6) is -0.274. The van der Waals surface area contributed by atoms with Crippen LogP contribution >= 0.6 is 0 Å². The Morgan fingerprint density at radius 2 is 2.15 bits per heavy atom. The van der Waals surface area contributed by atoms with Crippen LogP contribution in [0.4, 0.5) is 5.69 Å². The van der Waals surface area contributed by atoms with Gasteiger partial charge in [-0.05, 0) is 13.0 Å². The molecule has 1 aromatic rings. The van der Waals surface area contributed by atoms with E-state index in [9.17, 15) is 19.7 Å². The van der Waals surface area contributed by atoms with E-state index in [1.165, 1.54) is 6.07 Å². The summed E-state index contributed by atoms with van der Waals surface area (Å²) < 4.78 is 0. The molecule has 1 saturated heterocycles. The van der Waals surface area contributed by atoms with Crippen molar-refractivity contribution >= 4 is 17.4 Å². The van der Waals surface area contributed by atoms with E-state index < -0.39 is 4.92 Å². The number of piperidine rings is 1. The topological polar surface area (TPSA) is 80.5 Å². The first-order chi connectivity index (χ1) is 9.40. The number of benzene rings is 1. The van der Waals surface area contributed by atoms with Gasteiger partial charge in [0, 0.05) is 42.6 Å².